The number of benzene rings is 2. The smallest absolute Gasteiger partial charge is 0.262 e. The predicted octanol–water partition coefficient (Wildman–Crippen LogP) is 3.64. The lowest BCUT2D eigenvalue weighted by Gasteiger charge is -2.34. The summed E-state index contributed by atoms with van der Waals surface area (Å²) in [6.45, 7) is 4.97. The molecule has 2 aliphatic heterocycles. The monoisotopic (exact) mass is 566 g/mol. The molecule has 1 atom stereocenters. The van der Waals surface area contributed by atoms with Crippen LogP contribution in [0.2, 0.25) is 0 Å². The van der Waals surface area contributed by atoms with Crippen LogP contribution in [0.25, 0.3) is 22.0 Å². The number of likely N-dealkylation sites (N-methyl/N-ethyl adjacent to an activating group) is 1. The first-order valence-corrected chi connectivity index (χ1v) is 14.7. The van der Waals surface area contributed by atoms with Gasteiger partial charge in [0.2, 0.25) is 0 Å². The Morgan fingerprint density at radius 2 is 1.76 bits per heavy atom. The average molecular weight is 567 g/mol. The normalized spacial score (nSPS) is 16.2. The molecule has 5 heterocycles. The van der Waals surface area contributed by atoms with E-state index in [0.717, 1.165) is 62.4 Å². The molecule has 0 radical (unpaired) electrons. The van der Waals surface area contributed by atoms with Crippen molar-refractivity contribution in [3.8, 4) is 11.1 Å². The Bertz CT molecular complexity index is 1770. The van der Waals surface area contributed by atoms with Gasteiger partial charge in [0, 0.05) is 55.7 Å². The number of aromatic nitrogens is 5. The molecule has 11 heteroatoms. The second-order valence-corrected chi connectivity index (χ2v) is 11.5. The highest BCUT2D eigenvalue weighted by Crippen LogP contribution is 2.29. The van der Waals surface area contributed by atoms with Crippen LogP contribution in [-0.4, -0.2) is 68.1 Å². The van der Waals surface area contributed by atoms with Gasteiger partial charge in [-0.3, -0.25) is 19.5 Å². The summed E-state index contributed by atoms with van der Waals surface area (Å²) in [5.74, 6) is -0.368. The van der Waals surface area contributed by atoms with E-state index in [4.69, 9.17) is 0 Å². The summed E-state index contributed by atoms with van der Waals surface area (Å²) >= 11 is 1.33. The molecular formula is C30H30N8O2S. The molecular weight excluding hydrogens is 536 g/mol. The Kier molecular flexibility index (Phi) is 6.60. The van der Waals surface area contributed by atoms with Crippen molar-refractivity contribution in [3.05, 3.63) is 88.4 Å². The fourth-order valence-corrected chi connectivity index (χ4v) is 6.33. The summed E-state index contributed by atoms with van der Waals surface area (Å²) in [7, 11) is 2.15. The van der Waals surface area contributed by atoms with Crippen LogP contribution in [0.3, 0.4) is 0 Å². The molecule has 2 aliphatic rings. The number of thiazole rings is 1. The Hall–Kier alpha value is -4.35. The number of anilines is 2. The second-order valence-electron chi connectivity index (χ2n) is 10.6. The third-order valence-corrected chi connectivity index (χ3v) is 8.78. The molecule has 0 aliphatic carbocycles. The largest absolute Gasteiger partial charge is 0.369 e. The Morgan fingerprint density at radius 1 is 0.951 bits per heavy atom. The van der Waals surface area contributed by atoms with Gasteiger partial charge in [-0.2, -0.15) is 0 Å². The number of carbonyl (C=O) groups excluding carboxylic acids is 1. The van der Waals surface area contributed by atoms with E-state index in [9.17, 15) is 9.59 Å². The van der Waals surface area contributed by atoms with Gasteiger partial charge in [0.05, 0.1) is 29.3 Å². The van der Waals surface area contributed by atoms with Crippen LogP contribution < -0.4 is 15.8 Å². The highest BCUT2D eigenvalue weighted by molar-refractivity contribution is 7.13. The summed E-state index contributed by atoms with van der Waals surface area (Å²) in [5, 5.41) is 5.59. The van der Waals surface area contributed by atoms with Crippen LogP contribution in [0.1, 0.15) is 23.9 Å². The molecule has 208 valence electrons. The molecule has 1 unspecified atom stereocenters. The first-order valence-electron chi connectivity index (χ1n) is 13.8. The van der Waals surface area contributed by atoms with Gasteiger partial charge in [-0.15, -0.1) is 11.3 Å². The summed E-state index contributed by atoms with van der Waals surface area (Å²) in [5.41, 5.74) is 4.99. The van der Waals surface area contributed by atoms with E-state index in [1.54, 1.807) is 17.9 Å². The van der Waals surface area contributed by atoms with E-state index in [2.05, 4.69) is 65.9 Å². The third-order valence-electron chi connectivity index (χ3n) is 8.09. The Labute approximate surface area is 240 Å². The number of aryl methyl sites for hydroxylation is 1. The number of hydrogen-bond acceptors (Lipinski definition) is 8. The van der Waals surface area contributed by atoms with Crippen LogP contribution in [0.5, 0.6) is 0 Å². The fraction of sp³-hybridized carbons (Fsp3) is 0.300. The maximum absolute atomic E-state index is 14.0. The number of fused-ring (bicyclic) bond motifs is 2. The van der Waals surface area contributed by atoms with Crippen molar-refractivity contribution in [1.82, 2.24) is 29.0 Å². The van der Waals surface area contributed by atoms with Crippen molar-refractivity contribution in [1.29, 1.82) is 0 Å². The lowest BCUT2D eigenvalue weighted by atomic mass is 10.0. The van der Waals surface area contributed by atoms with Gasteiger partial charge in [0.15, 0.2) is 11.2 Å². The molecule has 41 heavy (non-hydrogen) atoms. The zero-order chi connectivity index (χ0) is 27.9. The Morgan fingerprint density at radius 3 is 2.54 bits per heavy atom. The van der Waals surface area contributed by atoms with Gasteiger partial charge in [0.25, 0.3) is 11.5 Å². The van der Waals surface area contributed by atoms with Crippen LogP contribution in [0.15, 0.2) is 71.5 Å². The lowest BCUT2D eigenvalue weighted by molar-refractivity contribution is -0.118. The maximum atomic E-state index is 14.0. The standard InChI is InChI=1S/C30H30N8O2S/c1-35-12-14-36(15-13-35)22-7-4-20(5-8-22)21-6-9-24-23(17-21)29(40)38(19-32-24)27(28(39)34-30-31-10-16-41-30)26-25-3-2-11-37(25)18-33-26/h4-10,16-19,27H,2-3,11-15H2,1H3,(H,31,34,39). The van der Waals surface area contributed by atoms with Crippen LogP contribution >= 0.6 is 11.3 Å². The summed E-state index contributed by atoms with van der Waals surface area (Å²) in [6, 6.07) is 13.2. The number of rotatable bonds is 6. The zero-order valence-electron chi connectivity index (χ0n) is 22.7. The number of piperazine rings is 1. The van der Waals surface area contributed by atoms with E-state index in [1.165, 1.54) is 27.9 Å². The van der Waals surface area contributed by atoms with Gasteiger partial charge >= 0.3 is 0 Å². The second kappa shape index (κ2) is 10.6. The van der Waals surface area contributed by atoms with Gasteiger partial charge in [-0.1, -0.05) is 18.2 Å². The van der Waals surface area contributed by atoms with Crippen LogP contribution in [0, 0.1) is 0 Å². The molecule has 7 rings (SSSR count). The minimum absolute atomic E-state index is 0.287. The molecule has 1 fully saturated rings. The molecule has 1 amide bonds. The number of amides is 1. The highest BCUT2D eigenvalue weighted by atomic mass is 32.1. The number of nitrogens with zero attached hydrogens (tertiary/aromatic N) is 7. The van der Waals surface area contributed by atoms with E-state index < -0.39 is 6.04 Å². The van der Waals surface area contributed by atoms with Crippen molar-refractivity contribution in [2.24, 2.45) is 0 Å². The highest BCUT2D eigenvalue weighted by Gasteiger charge is 2.32. The molecule has 1 N–H and O–H groups in total. The first-order chi connectivity index (χ1) is 20.0. The van der Waals surface area contributed by atoms with E-state index >= 15 is 0 Å². The minimum atomic E-state index is -0.968. The van der Waals surface area contributed by atoms with E-state index in [-0.39, 0.29) is 11.5 Å². The molecule has 2 aromatic carbocycles. The molecule has 3 aromatic heterocycles. The van der Waals surface area contributed by atoms with Crippen molar-refractivity contribution >= 4 is 39.0 Å². The van der Waals surface area contributed by atoms with Crippen LogP contribution in [-0.2, 0) is 17.8 Å². The zero-order valence-corrected chi connectivity index (χ0v) is 23.5. The SMILES string of the molecule is CN1CCN(c2ccc(-c3ccc4ncn(C(C(=O)Nc5nccs5)c5ncn6c5CCC6)c(=O)c4c3)cc2)CC1. The van der Waals surface area contributed by atoms with Crippen LogP contribution in [0.4, 0.5) is 10.8 Å². The van der Waals surface area contributed by atoms with Crippen molar-refractivity contribution in [2.75, 3.05) is 43.4 Å². The van der Waals surface area contributed by atoms with Gasteiger partial charge in [0.1, 0.15) is 0 Å². The molecule has 5 aromatic rings. The summed E-state index contributed by atoms with van der Waals surface area (Å²) in [6.07, 6.45) is 6.63. The maximum Gasteiger partial charge on any atom is 0.262 e. The van der Waals surface area contributed by atoms with Gasteiger partial charge in [-0.25, -0.2) is 15.0 Å². The lowest BCUT2D eigenvalue weighted by Crippen LogP contribution is -2.44. The molecule has 1 saturated heterocycles. The van der Waals surface area contributed by atoms with Gasteiger partial charge in [-0.05, 0) is 55.3 Å². The fourth-order valence-electron chi connectivity index (χ4n) is 5.80. The first kappa shape index (κ1) is 25.6. The van der Waals surface area contributed by atoms with E-state index in [1.807, 2.05) is 18.2 Å². The number of nitrogens with one attached hydrogen (secondary N) is 1. The molecule has 0 spiro atoms. The quantitative estimate of drug-likeness (QED) is 0.335. The Balaban J connectivity index is 1.26. The number of hydrogen-bond donors (Lipinski definition) is 1. The third kappa shape index (κ3) is 4.81. The molecule has 0 saturated carbocycles. The number of carbonyl (C=O) groups is 1. The average Bonchev–Trinajstić information content (AvgIpc) is 3.76. The topological polar surface area (TPSA) is 101 Å². The molecule has 10 nitrogen and oxygen atoms in total. The number of imidazole rings is 1. The summed E-state index contributed by atoms with van der Waals surface area (Å²) < 4.78 is 3.47. The van der Waals surface area contributed by atoms with E-state index in [0.29, 0.717) is 21.7 Å². The van der Waals surface area contributed by atoms with Gasteiger partial charge < -0.3 is 14.4 Å². The summed E-state index contributed by atoms with van der Waals surface area (Å²) in [4.78, 5) is 45.8. The predicted molar refractivity (Wildman–Crippen MR) is 161 cm³/mol. The van der Waals surface area contributed by atoms with Crippen molar-refractivity contribution in [2.45, 2.75) is 25.4 Å². The van der Waals surface area contributed by atoms with Crippen molar-refractivity contribution in [3.63, 3.8) is 0 Å². The minimum Gasteiger partial charge on any atom is -0.369 e. The molecule has 0 bridgehead atoms. The van der Waals surface area contributed by atoms with Crippen molar-refractivity contribution < 1.29 is 4.79 Å².